The van der Waals surface area contributed by atoms with Gasteiger partial charge in [-0.15, -0.1) is 11.3 Å². The Morgan fingerprint density at radius 1 is 1.75 bits per heavy atom. The second-order valence-corrected chi connectivity index (χ2v) is 3.47. The maximum Gasteiger partial charge on any atom is 0.109 e. The average molecular weight is 186 g/mol. The minimum Gasteiger partial charge on any atom is -0.383 e. The molecular formula is C8H14N2OS. The van der Waals surface area contributed by atoms with E-state index < -0.39 is 0 Å². The van der Waals surface area contributed by atoms with Crippen LogP contribution in [0, 0.1) is 0 Å². The van der Waals surface area contributed by atoms with Gasteiger partial charge in [0, 0.05) is 25.2 Å². The topological polar surface area (TPSA) is 34.1 Å². The van der Waals surface area contributed by atoms with Crippen molar-refractivity contribution in [3.05, 3.63) is 16.6 Å². The van der Waals surface area contributed by atoms with E-state index in [2.05, 4.69) is 17.2 Å². The highest BCUT2D eigenvalue weighted by atomic mass is 32.1. The largest absolute Gasteiger partial charge is 0.383 e. The number of methoxy groups -OCH3 is 1. The van der Waals surface area contributed by atoms with Crippen LogP contribution < -0.4 is 5.32 Å². The summed E-state index contributed by atoms with van der Waals surface area (Å²) < 4.78 is 4.93. The summed E-state index contributed by atoms with van der Waals surface area (Å²) in [5, 5.41) is 6.43. The quantitative estimate of drug-likeness (QED) is 0.707. The van der Waals surface area contributed by atoms with Gasteiger partial charge in [0.25, 0.3) is 0 Å². The Morgan fingerprint density at radius 3 is 3.17 bits per heavy atom. The fourth-order valence-corrected chi connectivity index (χ4v) is 1.58. The van der Waals surface area contributed by atoms with Crippen LogP contribution in [-0.2, 0) is 4.74 Å². The van der Waals surface area contributed by atoms with Crippen LogP contribution in [0.1, 0.15) is 18.0 Å². The van der Waals surface area contributed by atoms with Gasteiger partial charge in [-0.2, -0.15) is 0 Å². The summed E-state index contributed by atoms with van der Waals surface area (Å²) in [7, 11) is 1.70. The van der Waals surface area contributed by atoms with Crippen molar-refractivity contribution in [2.45, 2.75) is 13.0 Å². The van der Waals surface area contributed by atoms with E-state index in [4.69, 9.17) is 4.74 Å². The summed E-state index contributed by atoms with van der Waals surface area (Å²) in [4.78, 5) is 4.21. The van der Waals surface area contributed by atoms with Gasteiger partial charge in [0.2, 0.25) is 0 Å². The highest BCUT2D eigenvalue weighted by Crippen LogP contribution is 2.13. The van der Waals surface area contributed by atoms with Gasteiger partial charge < -0.3 is 10.1 Å². The van der Waals surface area contributed by atoms with E-state index >= 15 is 0 Å². The van der Waals surface area contributed by atoms with E-state index in [1.807, 2.05) is 11.6 Å². The van der Waals surface area contributed by atoms with Gasteiger partial charge in [-0.1, -0.05) is 0 Å². The molecule has 0 aliphatic rings. The zero-order valence-corrected chi connectivity index (χ0v) is 8.23. The monoisotopic (exact) mass is 186 g/mol. The van der Waals surface area contributed by atoms with Gasteiger partial charge in [0.1, 0.15) is 5.01 Å². The van der Waals surface area contributed by atoms with Crippen molar-refractivity contribution in [1.82, 2.24) is 10.3 Å². The second-order valence-electron chi connectivity index (χ2n) is 2.54. The van der Waals surface area contributed by atoms with E-state index in [9.17, 15) is 0 Å². The van der Waals surface area contributed by atoms with Crippen molar-refractivity contribution in [1.29, 1.82) is 0 Å². The third-order valence-electron chi connectivity index (χ3n) is 1.58. The zero-order valence-electron chi connectivity index (χ0n) is 7.41. The Morgan fingerprint density at radius 2 is 2.58 bits per heavy atom. The predicted molar refractivity (Wildman–Crippen MR) is 50.4 cm³/mol. The Hall–Kier alpha value is -0.450. The minimum absolute atomic E-state index is 0.333. The first-order valence-corrected chi connectivity index (χ1v) is 4.84. The normalized spacial score (nSPS) is 13.2. The molecule has 0 saturated carbocycles. The summed E-state index contributed by atoms with van der Waals surface area (Å²) in [6.45, 7) is 3.72. The van der Waals surface area contributed by atoms with Crippen LogP contribution in [0.5, 0.6) is 0 Å². The van der Waals surface area contributed by atoms with Crippen molar-refractivity contribution in [3.63, 3.8) is 0 Å². The van der Waals surface area contributed by atoms with Crippen molar-refractivity contribution in [3.8, 4) is 0 Å². The molecule has 4 heteroatoms. The third-order valence-corrected chi connectivity index (χ3v) is 2.54. The summed E-state index contributed by atoms with van der Waals surface area (Å²) in [6.07, 6.45) is 1.83. The lowest BCUT2D eigenvalue weighted by molar-refractivity contribution is 0.196. The molecule has 1 rings (SSSR count). The molecule has 68 valence electrons. The van der Waals surface area contributed by atoms with Crippen molar-refractivity contribution in [2.24, 2.45) is 0 Å². The molecule has 0 saturated heterocycles. The molecule has 0 aromatic carbocycles. The number of rotatable bonds is 5. The van der Waals surface area contributed by atoms with Gasteiger partial charge in [0.15, 0.2) is 0 Å². The van der Waals surface area contributed by atoms with E-state index in [-0.39, 0.29) is 0 Å². The molecule has 0 aliphatic heterocycles. The molecule has 1 aromatic heterocycles. The van der Waals surface area contributed by atoms with Crippen LogP contribution in [0.2, 0.25) is 0 Å². The molecule has 1 N–H and O–H groups in total. The Balaban J connectivity index is 2.25. The fraction of sp³-hybridized carbons (Fsp3) is 0.625. The molecule has 0 amide bonds. The molecule has 0 aliphatic carbocycles. The Kier molecular flexibility index (Phi) is 4.21. The van der Waals surface area contributed by atoms with Gasteiger partial charge in [-0.05, 0) is 6.92 Å². The first-order chi connectivity index (χ1) is 5.84. The minimum atomic E-state index is 0.333. The van der Waals surface area contributed by atoms with Crippen molar-refractivity contribution < 1.29 is 4.74 Å². The lowest BCUT2D eigenvalue weighted by atomic mass is 10.3. The van der Waals surface area contributed by atoms with Crippen LogP contribution in [-0.4, -0.2) is 25.2 Å². The molecule has 1 heterocycles. The van der Waals surface area contributed by atoms with E-state index in [1.165, 1.54) is 0 Å². The molecule has 0 spiro atoms. The van der Waals surface area contributed by atoms with Crippen LogP contribution in [0.25, 0.3) is 0 Å². The maximum atomic E-state index is 4.93. The zero-order chi connectivity index (χ0) is 8.81. The molecule has 0 radical (unpaired) electrons. The van der Waals surface area contributed by atoms with Crippen LogP contribution >= 0.6 is 11.3 Å². The molecule has 1 atom stereocenters. The SMILES string of the molecule is COCCNC(C)c1nccs1. The maximum absolute atomic E-state index is 4.93. The van der Waals surface area contributed by atoms with Gasteiger partial charge in [0.05, 0.1) is 12.6 Å². The lowest BCUT2D eigenvalue weighted by Gasteiger charge is -2.09. The number of nitrogens with zero attached hydrogens (tertiary/aromatic N) is 1. The lowest BCUT2D eigenvalue weighted by Crippen LogP contribution is -2.22. The Labute approximate surface area is 76.8 Å². The first-order valence-electron chi connectivity index (χ1n) is 3.96. The van der Waals surface area contributed by atoms with Crippen molar-refractivity contribution in [2.75, 3.05) is 20.3 Å². The van der Waals surface area contributed by atoms with E-state index in [1.54, 1.807) is 18.4 Å². The van der Waals surface area contributed by atoms with Crippen LogP contribution in [0.15, 0.2) is 11.6 Å². The van der Waals surface area contributed by atoms with Gasteiger partial charge in [-0.3, -0.25) is 0 Å². The number of hydrogen-bond donors (Lipinski definition) is 1. The number of nitrogens with one attached hydrogen (secondary N) is 1. The molecular weight excluding hydrogens is 172 g/mol. The standard InChI is InChI=1S/C8H14N2OS/c1-7(9-3-5-11-2)8-10-4-6-12-8/h4,6-7,9H,3,5H2,1-2H3. The highest BCUT2D eigenvalue weighted by molar-refractivity contribution is 7.09. The second kappa shape index (κ2) is 5.24. The summed E-state index contributed by atoms with van der Waals surface area (Å²) in [5.41, 5.74) is 0. The smallest absolute Gasteiger partial charge is 0.109 e. The molecule has 12 heavy (non-hydrogen) atoms. The molecule has 1 aromatic rings. The molecule has 3 nitrogen and oxygen atoms in total. The number of ether oxygens (including phenoxy) is 1. The van der Waals surface area contributed by atoms with Gasteiger partial charge >= 0.3 is 0 Å². The average Bonchev–Trinajstić information content (AvgIpc) is 2.56. The molecule has 0 bridgehead atoms. The predicted octanol–water partition coefficient (Wildman–Crippen LogP) is 1.44. The number of thiazole rings is 1. The number of aromatic nitrogens is 1. The molecule has 1 unspecified atom stereocenters. The third kappa shape index (κ3) is 2.89. The van der Waals surface area contributed by atoms with Gasteiger partial charge in [-0.25, -0.2) is 4.98 Å². The highest BCUT2D eigenvalue weighted by Gasteiger charge is 2.05. The van der Waals surface area contributed by atoms with Crippen LogP contribution in [0.4, 0.5) is 0 Å². The van der Waals surface area contributed by atoms with Crippen molar-refractivity contribution >= 4 is 11.3 Å². The van der Waals surface area contributed by atoms with E-state index in [0.717, 1.165) is 18.2 Å². The Bertz CT molecular complexity index is 201. The first kappa shape index (κ1) is 9.64. The number of hydrogen-bond acceptors (Lipinski definition) is 4. The van der Waals surface area contributed by atoms with Crippen LogP contribution in [0.3, 0.4) is 0 Å². The fourth-order valence-electron chi connectivity index (χ4n) is 0.913. The summed E-state index contributed by atoms with van der Waals surface area (Å²) in [5.74, 6) is 0. The summed E-state index contributed by atoms with van der Waals surface area (Å²) in [6, 6.07) is 0.333. The molecule has 0 fully saturated rings. The van der Waals surface area contributed by atoms with E-state index in [0.29, 0.717) is 6.04 Å². The summed E-state index contributed by atoms with van der Waals surface area (Å²) >= 11 is 1.67.